The van der Waals surface area contributed by atoms with Crippen LogP contribution < -0.4 is 5.32 Å². The lowest BCUT2D eigenvalue weighted by Gasteiger charge is -2.22. The highest BCUT2D eigenvalue weighted by Crippen LogP contribution is 2.29. The highest BCUT2D eigenvalue weighted by atomic mass is 32.2. The van der Waals surface area contributed by atoms with Gasteiger partial charge in [-0.15, -0.1) is 0 Å². The summed E-state index contributed by atoms with van der Waals surface area (Å²) in [5.74, 6) is 0.189. The second-order valence-corrected chi connectivity index (χ2v) is 11.4. The molecular weight excluding hydrogens is 488 g/mol. The molecule has 2 unspecified atom stereocenters. The maximum atomic E-state index is 13.3. The van der Waals surface area contributed by atoms with Crippen molar-refractivity contribution in [2.75, 3.05) is 19.6 Å². The van der Waals surface area contributed by atoms with E-state index >= 15 is 0 Å². The predicted molar refractivity (Wildman–Crippen MR) is 154 cm³/mol. The van der Waals surface area contributed by atoms with Gasteiger partial charge < -0.3 is 10.2 Å². The zero-order chi connectivity index (χ0) is 26.3. The summed E-state index contributed by atoms with van der Waals surface area (Å²) in [6.45, 7) is 4.75. The van der Waals surface area contributed by atoms with Crippen molar-refractivity contribution < 1.29 is 9.00 Å². The van der Waals surface area contributed by atoms with E-state index < -0.39 is 10.8 Å². The molecule has 0 aliphatic carbocycles. The number of rotatable bonds is 9. The summed E-state index contributed by atoms with van der Waals surface area (Å²) in [4.78, 5) is 17.0. The highest BCUT2D eigenvalue weighted by molar-refractivity contribution is 7.85. The van der Waals surface area contributed by atoms with Gasteiger partial charge >= 0.3 is 0 Å². The molecule has 1 fully saturated rings. The van der Waals surface area contributed by atoms with Crippen molar-refractivity contribution in [3.05, 3.63) is 131 Å². The summed E-state index contributed by atoms with van der Waals surface area (Å²) in [5.41, 5.74) is 4.27. The van der Waals surface area contributed by atoms with E-state index in [9.17, 15) is 9.00 Å². The molecule has 1 amide bonds. The molecule has 4 nitrogen and oxygen atoms in total. The van der Waals surface area contributed by atoms with Crippen molar-refractivity contribution in [2.45, 2.75) is 41.5 Å². The number of benzene rings is 4. The Hall–Kier alpha value is -3.54. The summed E-state index contributed by atoms with van der Waals surface area (Å²) in [6, 6.07) is 36.3. The van der Waals surface area contributed by atoms with Gasteiger partial charge in [0.2, 0.25) is 0 Å². The zero-order valence-corrected chi connectivity index (χ0v) is 22.6. The van der Waals surface area contributed by atoms with Crippen molar-refractivity contribution >= 4 is 16.7 Å². The third-order valence-electron chi connectivity index (χ3n) is 7.31. The number of likely N-dealkylation sites (tertiary alicyclic amines) is 1. The Balaban J connectivity index is 1.21. The second kappa shape index (κ2) is 12.3. The molecule has 1 saturated heterocycles. The molecule has 194 valence electrons. The first-order chi connectivity index (χ1) is 18.6. The van der Waals surface area contributed by atoms with Gasteiger partial charge in [0, 0.05) is 29.9 Å². The molecule has 4 aromatic rings. The molecule has 5 rings (SSSR count). The SMILES string of the molecule is Cc1ccc(S(=O)c2ccccc2C(=O)NC2CCN(CCC(c3ccccc3)c3ccccc3)C2)cc1. The summed E-state index contributed by atoms with van der Waals surface area (Å²) < 4.78 is 13.3. The summed E-state index contributed by atoms with van der Waals surface area (Å²) in [6.07, 6.45) is 1.93. The summed E-state index contributed by atoms with van der Waals surface area (Å²) in [5, 5.41) is 3.22. The van der Waals surface area contributed by atoms with Gasteiger partial charge in [0.15, 0.2) is 0 Å². The fourth-order valence-electron chi connectivity index (χ4n) is 5.23. The van der Waals surface area contributed by atoms with Gasteiger partial charge in [-0.05, 0) is 61.7 Å². The number of carbonyl (C=O) groups excluding carboxylic acids is 1. The number of amides is 1. The molecule has 1 aliphatic heterocycles. The minimum absolute atomic E-state index is 0.0790. The van der Waals surface area contributed by atoms with E-state index in [-0.39, 0.29) is 11.9 Å². The van der Waals surface area contributed by atoms with E-state index in [1.165, 1.54) is 11.1 Å². The molecule has 0 radical (unpaired) electrons. The molecule has 1 heterocycles. The van der Waals surface area contributed by atoms with Crippen molar-refractivity contribution in [1.82, 2.24) is 10.2 Å². The Bertz CT molecular complexity index is 1330. The maximum absolute atomic E-state index is 13.3. The van der Waals surface area contributed by atoms with Gasteiger partial charge in [-0.1, -0.05) is 90.5 Å². The van der Waals surface area contributed by atoms with Crippen LogP contribution in [0.15, 0.2) is 119 Å². The Morgan fingerprint density at radius 3 is 2.13 bits per heavy atom. The molecular formula is C33H34N2O2S. The number of nitrogens with zero attached hydrogens (tertiary/aromatic N) is 1. The number of hydrogen-bond donors (Lipinski definition) is 1. The van der Waals surface area contributed by atoms with Crippen molar-refractivity contribution in [3.63, 3.8) is 0 Å². The Morgan fingerprint density at radius 1 is 0.868 bits per heavy atom. The molecule has 0 aromatic heterocycles. The largest absolute Gasteiger partial charge is 0.348 e. The lowest BCUT2D eigenvalue weighted by molar-refractivity contribution is 0.0934. The minimum Gasteiger partial charge on any atom is -0.348 e. The van der Waals surface area contributed by atoms with Crippen LogP contribution >= 0.6 is 0 Å². The van der Waals surface area contributed by atoms with Crippen LogP contribution in [-0.4, -0.2) is 40.7 Å². The van der Waals surface area contributed by atoms with Gasteiger partial charge in [-0.25, -0.2) is 4.21 Å². The van der Waals surface area contributed by atoms with E-state index in [1.807, 2.05) is 43.3 Å². The first-order valence-corrected chi connectivity index (χ1v) is 14.4. The van der Waals surface area contributed by atoms with Gasteiger partial charge in [-0.3, -0.25) is 4.79 Å². The fraction of sp³-hybridized carbons (Fsp3) is 0.242. The standard InChI is InChI=1S/C33H34N2O2S/c1-25-16-18-29(19-17-25)38(37)32-15-9-8-14-31(32)33(36)34-28-20-22-35(24-28)23-21-30(26-10-4-2-5-11-26)27-12-6-3-7-13-27/h2-19,28,30H,20-24H2,1H3,(H,34,36). The van der Waals surface area contributed by atoms with E-state index in [0.717, 1.165) is 38.0 Å². The maximum Gasteiger partial charge on any atom is 0.252 e. The molecule has 1 aliphatic rings. The number of aryl methyl sites for hydroxylation is 1. The Kier molecular flexibility index (Phi) is 8.47. The van der Waals surface area contributed by atoms with Crippen molar-refractivity contribution in [2.24, 2.45) is 0 Å². The molecule has 0 bridgehead atoms. The van der Waals surface area contributed by atoms with Crippen LogP contribution in [0.25, 0.3) is 0 Å². The van der Waals surface area contributed by atoms with Crippen LogP contribution in [0.3, 0.4) is 0 Å². The Morgan fingerprint density at radius 2 is 1.47 bits per heavy atom. The quantitative estimate of drug-likeness (QED) is 0.285. The zero-order valence-electron chi connectivity index (χ0n) is 21.8. The monoisotopic (exact) mass is 522 g/mol. The fourth-order valence-corrected chi connectivity index (χ4v) is 6.43. The third-order valence-corrected chi connectivity index (χ3v) is 8.77. The molecule has 4 aromatic carbocycles. The molecule has 0 spiro atoms. The molecule has 5 heteroatoms. The minimum atomic E-state index is -1.41. The lowest BCUT2D eigenvalue weighted by Crippen LogP contribution is -2.37. The van der Waals surface area contributed by atoms with Gasteiger partial charge in [0.25, 0.3) is 5.91 Å². The lowest BCUT2D eigenvalue weighted by atomic mass is 9.88. The van der Waals surface area contributed by atoms with E-state index in [0.29, 0.717) is 21.3 Å². The van der Waals surface area contributed by atoms with Crippen LogP contribution in [0.5, 0.6) is 0 Å². The van der Waals surface area contributed by atoms with Crippen LogP contribution in [-0.2, 0) is 10.8 Å². The smallest absolute Gasteiger partial charge is 0.252 e. The normalized spacial score (nSPS) is 16.4. The molecule has 38 heavy (non-hydrogen) atoms. The van der Waals surface area contributed by atoms with Crippen molar-refractivity contribution in [3.8, 4) is 0 Å². The number of nitrogens with one attached hydrogen (secondary N) is 1. The van der Waals surface area contributed by atoms with Crippen LogP contribution in [0, 0.1) is 6.92 Å². The summed E-state index contributed by atoms with van der Waals surface area (Å²) >= 11 is 0. The van der Waals surface area contributed by atoms with Gasteiger partial charge in [0.05, 0.1) is 21.3 Å². The first kappa shape index (κ1) is 26.1. The Labute approximate surface area is 228 Å². The van der Waals surface area contributed by atoms with Crippen LogP contribution in [0.1, 0.15) is 45.8 Å². The first-order valence-electron chi connectivity index (χ1n) is 13.3. The number of carbonyl (C=O) groups is 1. The molecule has 0 saturated carbocycles. The number of hydrogen-bond acceptors (Lipinski definition) is 3. The van der Waals surface area contributed by atoms with E-state index in [1.54, 1.807) is 12.1 Å². The second-order valence-electron chi connectivity index (χ2n) is 10.0. The molecule has 2 atom stereocenters. The van der Waals surface area contributed by atoms with Crippen LogP contribution in [0.2, 0.25) is 0 Å². The highest BCUT2D eigenvalue weighted by Gasteiger charge is 2.26. The van der Waals surface area contributed by atoms with Crippen LogP contribution in [0.4, 0.5) is 0 Å². The van der Waals surface area contributed by atoms with E-state index in [2.05, 4.69) is 70.9 Å². The van der Waals surface area contributed by atoms with E-state index in [4.69, 9.17) is 0 Å². The average Bonchev–Trinajstić information content (AvgIpc) is 3.41. The van der Waals surface area contributed by atoms with Gasteiger partial charge in [-0.2, -0.15) is 0 Å². The van der Waals surface area contributed by atoms with Crippen molar-refractivity contribution in [1.29, 1.82) is 0 Å². The topological polar surface area (TPSA) is 49.4 Å². The predicted octanol–water partition coefficient (Wildman–Crippen LogP) is 6.19. The van der Waals surface area contributed by atoms with Gasteiger partial charge in [0.1, 0.15) is 0 Å². The third kappa shape index (κ3) is 6.29. The summed E-state index contributed by atoms with van der Waals surface area (Å²) in [7, 11) is -1.41. The molecule has 1 N–H and O–H groups in total. The average molecular weight is 523 g/mol.